The van der Waals surface area contributed by atoms with Gasteiger partial charge in [0.2, 0.25) is 0 Å². The van der Waals surface area contributed by atoms with Crippen LogP contribution in [0.25, 0.3) is 6.08 Å². The Morgan fingerprint density at radius 2 is 2.00 bits per heavy atom. The summed E-state index contributed by atoms with van der Waals surface area (Å²) in [4.78, 5) is 4.99. The summed E-state index contributed by atoms with van der Waals surface area (Å²) in [6.45, 7) is 0. The molecule has 0 fully saturated rings. The minimum Gasteiger partial charge on any atom is -0.381 e. The van der Waals surface area contributed by atoms with Gasteiger partial charge in [-0.3, -0.25) is 0 Å². The molecule has 1 heterocycles. The molecule has 6 heteroatoms. The van der Waals surface area contributed by atoms with Gasteiger partial charge in [-0.25, -0.2) is 19.0 Å². The summed E-state index contributed by atoms with van der Waals surface area (Å²) in [5.74, 6) is 0.569. The van der Waals surface area contributed by atoms with Crippen LogP contribution >= 0.6 is 0 Å². The monoisotopic (exact) mass is 212 g/mol. The molecule has 0 bridgehead atoms. The molecule has 0 aromatic heterocycles. The average Bonchev–Trinajstić information content (AvgIpc) is 2.16. The molecule has 1 aromatic rings. The number of nitrogens with two attached hydrogens (primary N) is 1. The predicted octanol–water partition coefficient (Wildman–Crippen LogP) is 0.171. The first-order valence-electron chi connectivity index (χ1n) is 3.84. The molecule has 0 amide bonds. The predicted molar refractivity (Wildman–Crippen MR) is 51.3 cm³/mol. The Hall–Kier alpha value is -1.53. The zero-order valence-electron chi connectivity index (χ0n) is 7.10. The second kappa shape index (κ2) is 3.00. The first-order valence-corrected chi connectivity index (χ1v) is 5.38. The standard InChI is InChI=1S/C8H8N2O3S/c9-14(11,12)8-5-6-3-1-2-4-7(6)13-10-8/h1-5,10H,(H2,9,11,12). The van der Waals surface area contributed by atoms with Gasteiger partial charge < -0.3 is 4.84 Å². The summed E-state index contributed by atoms with van der Waals surface area (Å²) in [5, 5.41) is 4.79. The van der Waals surface area contributed by atoms with Gasteiger partial charge in [0, 0.05) is 5.56 Å². The normalized spacial score (nSPS) is 14.8. The molecule has 14 heavy (non-hydrogen) atoms. The largest absolute Gasteiger partial charge is 0.381 e. The molecule has 5 nitrogen and oxygen atoms in total. The Labute approximate surface area is 81.2 Å². The average molecular weight is 212 g/mol. The van der Waals surface area contributed by atoms with Crippen LogP contribution in [0.1, 0.15) is 5.56 Å². The van der Waals surface area contributed by atoms with Crippen LogP contribution in [-0.2, 0) is 10.0 Å². The molecule has 1 aliphatic rings. The maximum Gasteiger partial charge on any atom is 0.256 e. The fraction of sp³-hybridized carbons (Fsp3) is 0. The number of hydrogen-bond acceptors (Lipinski definition) is 4. The highest BCUT2D eigenvalue weighted by Gasteiger charge is 2.18. The molecular formula is C8H8N2O3S. The minimum atomic E-state index is -3.74. The summed E-state index contributed by atoms with van der Waals surface area (Å²) < 4.78 is 21.9. The Morgan fingerprint density at radius 3 is 2.71 bits per heavy atom. The van der Waals surface area contributed by atoms with Crippen LogP contribution in [0.15, 0.2) is 29.3 Å². The summed E-state index contributed by atoms with van der Waals surface area (Å²) in [6.07, 6.45) is 1.42. The SMILES string of the molecule is NS(=O)(=O)C1=Cc2ccccc2ON1. The molecule has 1 aromatic carbocycles. The molecular weight excluding hydrogens is 204 g/mol. The van der Waals surface area contributed by atoms with E-state index in [2.05, 4.69) is 5.48 Å². The second-order valence-electron chi connectivity index (χ2n) is 2.80. The number of hydroxylamine groups is 1. The van der Waals surface area contributed by atoms with Gasteiger partial charge in [0.15, 0.2) is 10.8 Å². The van der Waals surface area contributed by atoms with Crippen molar-refractivity contribution < 1.29 is 13.3 Å². The number of sulfonamides is 1. The lowest BCUT2D eigenvalue weighted by atomic mass is 10.2. The van der Waals surface area contributed by atoms with E-state index in [0.717, 1.165) is 0 Å². The van der Waals surface area contributed by atoms with E-state index in [0.29, 0.717) is 11.3 Å². The highest BCUT2D eigenvalue weighted by molar-refractivity contribution is 7.93. The van der Waals surface area contributed by atoms with Crippen LogP contribution in [-0.4, -0.2) is 8.42 Å². The van der Waals surface area contributed by atoms with Gasteiger partial charge in [-0.2, -0.15) is 0 Å². The number of fused-ring (bicyclic) bond motifs is 1. The van der Waals surface area contributed by atoms with E-state index in [-0.39, 0.29) is 5.03 Å². The number of primary sulfonamides is 1. The quantitative estimate of drug-likeness (QED) is 0.695. The summed E-state index contributed by atoms with van der Waals surface area (Å²) in [5.41, 5.74) is 2.94. The highest BCUT2D eigenvalue weighted by atomic mass is 32.2. The van der Waals surface area contributed by atoms with E-state index < -0.39 is 10.0 Å². The lowest BCUT2D eigenvalue weighted by molar-refractivity contribution is 0.233. The van der Waals surface area contributed by atoms with Crippen LogP contribution in [0, 0.1) is 0 Å². The van der Waals surface area contributed by atoms with Crippen molar-refractivity contribution in [3.05, 3.63) is 34.9 Å². The fourth-order valence-electron chi connectivity index (χ4n) is 1.11. The Bertz CT molecular complexity index is 493. The first kappa shape index (κ1) is 9.04. The Morgan fingerprint density at radius 1 is 1.29 bits per heavy atom. The molecule has 0 aliphatic carbocycles. The molecule has 74 valence electrons. The van der Waals surface area contributed by atoms with Crippen molar-refractivity contribution in [2.24, 2.45) is 5.14 Å². The Balaban J connectivity index is 2.51. The lowest BCUT2D eigenvalue weighted by Crippen LogP contribution is -2.30. The number of benzene rings is 1. The topological polar surface area (TPSA) is 81.4 Å². The maximum absolute atomic E-state index is 11.0. The van der Waals surface area contributed by atoms with Crippen molar-refractivity contribution in [3.8, 4) is 5.75 Å². The van der Waals surface area contributed by atoms with Crippen LogP contribution < -0.4 is 15.5 Å². The van der Waals surface area contributed by atoms with Crippen molar-refractivity contribution in [2.75, 3.05) is 0 Å². The Kier molecular flexibility index (Phi) is 1.94. The zero-order chi connectivity index (χ0) is 10.2. The molecule has 0 spiro atoms. The van der Waals surface area contributed by atoms with Crippen LogP contribution in [0.2, 0.25) is 0 Å². The van der Waals surface area contributed by atoms with Gasteiger partial charge in [0.25, 0.3) is 10.0 Å². The van der Waals surface area contributed by atoms with Gasteiger partial charge in [-0.15, -0.1) is 0 Å². The van der Waals surface area contributed by atoms with Crippen LogP contribution in [0.3, 0.4) is 0 Å². The minimum absolute atomic E-state index is 0.142. The third-order valence-electron chi connectivity index (χ3n) is 1.77. The van der Waals surface area contributed by atoms with E-state index >= 15 is 0 Å². The van der Waals surface area contributed by atoms with Crippen LogP contribution in [0.5, 0.6) is 5.75 Å². The fourth-order valence-corrected chi connectivity index (χ4v) is 1.56. The van der Waals surface area contributed by atoms with Crippen molar-refractivity contribution in [1.82, 2.24) is 5.48 Å². The van der Waals surface area contributed by atoms with E-state index in [9.17, 15) is 8.42 Å². The van der Waals surface area contributed by atoms with Crippen molar-refractivity contribution >= 4 is 16.1 Å². The summed E-state index contributed by atoms with van der Waals surface area (Å²) in [6, 6.07) is 7.03. The summed E-state index contributed by atoms with van der Waals surface area (Å²) >= 11 is 0. The number of hydrogen-bond donors (Lipinski definition) is 2. The van der Waals surface area contributed by atoms with E-state index in [1.165, 1.54) is 6.08 Å². The van der Waals surface area contributed by atoms with Gasteiger partial charge in [0.05, 0.1) is 0 Å². The smallest absolute Gasteiger partial charge is 0.256 e. The molecule has 3 N–H and O–H groups in total. The molecule has 0 radical (unpaired) electrons. The number of para-hydroxylation sites is 1. The lowest BCUT2D eigenvalue weighted by Gasteiger charge is -2.16. The maximum atomic E-state index is 11.0. The third kappa shape index (κ3) is 1.57. The van der Waals surface area contributed by atoms with Crippen molar-refractivity contribution in [1.29, 1.82) is 0 Å². The molecule has 0 unspecified atom stereocenters. The van der Waals surface area contributed by atoms with E-state index in [1.54, 1.807) is 24.3 Å². The molecule has 0 saturated heterocycles. The van der Waals surface area contributed by atoms with Gasteiger partial charge >= 0.3 is 0 Å². The number of rotatable bonds is 1. The third-order valence-corrected chi connectivity index (χ3v) is 2.59. The van der Waals surface area contributed by atoms with E-state index in [4.69, 9.17) is 9.98 Å². The zero-order valence-corrected chi connectivity index (χ0v) is 7.91. The van der Waals surface area contributed by atoms with Gasteiger partial charge in [-0.05, 0) is 12.1 Å². The molecule has 0 saturated carbocycles. The van der Waals surface area contributed by atoms with Crippen molar-refractivity contribution in [3.63, 3.8) is 0 Å². The molecule has 0 atom stereocenters. The highest BCUT2D eigenvalue weighted by Crippen LogP contribution is 2.24. The first-order chi connectivity index (χ1) is 6.57. The van der Waals surface area contributed by atoms with Crippen LogP contribution in [0.4, 0.5) is 0 Å². The van der Waals surface area contributed by atoms with Crippen molar-refractivity contribution in [2.45, 2.75) is 0 Å². The van der Waals surface area contributed by atoms with E-state index in [1.807, 2.05) is 0 Å². The second-order valence-corrected chi connectivity index (χ2v) is 4.33. The molecule has 1 aliphatic heterocycles. The molecule has 2 rings (SSSR count). The summed E-state index contributed by atoms with van der Waals surface area (Å²) in [7, 11) is -3.74. The van der Waals surface area contributed by atoms with Gasteiger partial charge in [0.1, 0.15) is 0 Å². The van der Waals surface area contributed by atoms with Gasteiger partial charge in [-0.1, -0.05) is 18.2 Å². The number of nitrogens with one attached hydrogen (secondary N) is 1.